The molecule has 0 aliphatic carbocycles. The molecule has 0 heterocycles. The summed E-state index contributed by atoms with van der Waals surface area (Å²) in [5.74, 6) is -0.895. The van der Waals surface area contributed by atoms with Crippen LogP contribution in [-0.2, 0) is 28.6 Å². The minimum Gasteiger partial charge on any atom is -0.462 e. The van der Waals surface area contributed by atoms with Crippen LogP contribution in [0.5, 0.6) is 0 Å². The molecule has 0 aromatic rings. The van der Waals surface area contributed by atoms with Crippen molar-refractivity contribution in [3.63, 3.8) is 0 Å². The number of hydrogen-bond donors (Lipinski definition) is 0. The Morgan fingerprint density at radius 2 is 0.534 bits per heavy atom. The first kappa shape index (κ1) is 70.6. The number of allylic oxidation sites excluding steroid dienone is 6. The quantitative estimate of drug-likeness (QED) is 0.0261. The van der Waals surface area contributed by atoms with E-state index in [4.69, 9.17) is 14.2 Å². The molecule has 6 heteroatoms. The van der Waals surface area contributed by atoms with Crippen molar-refractivity contribution in [1.82, 2.24) is 0 Å². The molecule has 0 spiro atoms. The lowest BCUT2D eigenvalue weighted by Gasteiger charge is -2.18. The lowest BCUT2D eigenvalue weighted by atomic mass is 10.0. The fourth-order valence-electron chi connectivity index (χ4n) is 9.81. The third-order valence-electron chi connectivity index (χ3n) is 14.7. The van der Waals surface area contributed by atoms with Gasteiger partial charge in [-0.3, -0.25) is 14.4 Å². The van der Waals surface area contributed by atoms with E-state index in [1.165, 1.54) is 231 Å². The van der Waals surface area contributed by atoms with E-state index in [9.17, 15) is 14.4 Å². The average molecular weight is 1030 g/mol. The van der Waals surface area contributed by atoms with Gasteiger partial charge in [0.1, 0.15) is 13.2 Å². The van der Waals surface area contributed by atoms with Crippen molar-refractivity contribution < 1.29 is 28.6 Å². The highest BCUT2D eigenvalue weighted by Gasteiger charge is 2.19. The van der Waals surface area contributed by atoms with E-state index in [-0.39, 0.29) is 31.1 Å². The lowest BCUT2D eigenvalue weighted by Crippen LogP contribution is -2.30. The molecule has 0 aliphatic rings. The van der Waals surface area contributed by atoms with Crippen LogP contribution >= 0.6 is 0 Å². The molecular formula is C67H124O6. The third-order valence-corrected chi connectivity index (χ3v) is 14.7. The molecule has 0 aliphatic heterocycles. The van der Waals surface area contributed by atoms with Crippen LogP contribution in [0.3, 0.4) is 0 Å². The molecule has 0 aromatic heterocycles. The highest BCUT2D eigenvalue weighted by Crippen LogP contribution is 2.18. The van der Waals surface area contributed by atoms with Crippen molar-refractivity contribution in [3.8, 4) is 0 Å². The first-order chi connectivity index (χ1) is 36.0. The molecule has 73 heavy (non-hydrogen) atoms. The van der Waals surface area contributed by atoms with Crippen molar-refractivity contribution in [2.75, 3.05) is 13.2 Å². The van der Waals surface area contributed by atoms with Crippen molar-refractivity contribution in [1.29, 1.82) is 0 Å². The number of hydrogen-bond acceptors (Lipinski definition) is 6. The summed E-state index contributed by atoms with van der Waals surface area (Å²) in [5.41, 5.74) is 0. The number of carbonyl (C=O) groups excluding carboxylic acids is 3. The molecule has 6 nitrogen and oxygen atoms in total. The second-order valence-corrected chi connectivity index (χ2v) is 22.0. The molecule has 0 N–H and O–H groups in total. The Labute approximate surface area is 455 Å². The Morgan fingerprint density at radius 1 is 0.288 bits per heavy atom. The molecule has 1 unspecified atom stereocenters. The molecule has 0 rings (SSSR count). The second-order valence-electron chi connectivity index (χ2n) is 22.0. The minimum absolute atomic E-state index is 0.0797. The monoisotopic (exact) mass is 1020 g/mol. The summed E-state index contributed by atoms with van der Waals surface area (Å²) < 4.78 is 16.8. The molecule has 0 bridgehead atoms. The smallest absolute Gasteiger partial charge is 0.306 e. The van der Waals surface area contributed by atoms with Crippen LogP contribution in [0.25, 0.3) is 0 Å². The van der Waals surface area contributed by atoms with Crippen LogP contribution in [0.1, 0.15) is 355 Å². The molecule has 0 saturated carbocycles. The van der Waals surface area contributed by atoms with E-state index in [0.29, 0.717) is 19.3 Å². The van der Waals surface area contributed by atoms with Crippen LogP contribution in [0.4, 0.5) is 0 Å². The van der Waals surface area contributed by atoms with Gasteiger partial charge in [-0.2, -0.15) is 0 Å². The summed E-state index contributed by atoms with van der Waals surface area (Å²) >= 11 is 0. The van der Waals surface area contributed by atoms with Gasteiger partial charge in [-0.25, -0.2) is 0 Å². The topological polar surface area (TPSA) is 78.9 Å². The summed E-state index contributed by atoms with van der Waals surface area (Å²) in [4.78, 5) is 38.0. The maximum absolute atomic E-state index is 12.8. The van der Waals surface area contributed by atoms with Gasteiger partial charge in [0.15, 0.2) is 6.10 Å². The average Bonchev–Trinajstić information content (AvgIpc) is 3.39. The molecule has 428 valence electrons. The van der Waals surface area contributed by atoms with E-state index >= 15 is 0 Å². The Balaban J connectivity index is 3.96. The van der Waals surface area contributed by atoms with Gasteiger partial charge in [0.2, 0.25) is 0 Å². The summed E-state index contributed by atoms with van der Waals surface area (Å²) in [7, 11) is 0. The lowest BCUT2D eigenvalue weighted by molar-refractivity contribution is -0.167. The van der Waals surface area contributed by atoms with Crippen LogP contribution in [0.2, 0.25) is 0 Å². The van der Waals surface area contributed by atoms with Gasteiger partial charge in [-0.1, -0.05) is 320 Å². The fraction of sp³-hybridized carbons (Fsp3) is 0.866. The van der Waals surface area contributed by atoms with Crippen LogP contribution < -0.4 is 0 Å². The Morgan fingerprint density at radius 3 is 0.836 bits per heavy atom. The maximum Gasteiger partial charge on any atom is 0.306 e. The van der Waals surface area contributed by atoms with Crippen LogP contribution in [0, 0.1) is 0 Å². The van der Waals surface area contributed by atoms with Gasteiger partial charge < -0.3 is 14.2 Å². The molecule has 0 amide bonds. The Kier molecular flexibility index (Phi) is 60.2. The van der Waals surface area contributed by atoms with E-state index in [1.54, 1.807) is 0 Å². The Bertz CT molecular complexity index is 1220. The number of esters is 3. The van der Waals surface area contributed by atoms with E-state index in [0.717, 1.165) is 83.5 Å². The SMILES string of the molecule is CC/C=C\C/C=C\C/C=C\CCCCCC(=O)OC(COC(=O)CCCCCCCCCCC)COC(=O)CCCCCCCCCCCCCCCCCCCCCCCCCCCCCCCCCCC. The molecule has 1 atom stereocenters. The molecule has 0 radical (unpaired) electrons. The van der Waals surface area contributed by atoms with Gasteiger partial charge in [-0.05, 0) is 51.4 Å². The number of ether oxygens (including phenoxy) is 3. The fourth-order valence-corrected chi connectivity index (χ4v) is 9.81. The summed E-state index contributed by atoms with van der Waals surface area (Å²) in [6.45, 7) is 6.53. The zero-order valence-corrected chi connectivity index (χ0v) is 49.2. The third kappa shape index (κ3) is 60.4. The van der Waals surface area contributed by atoms with E-state index in [1.807, 2.05) is 0 Å². The van der Waals surface area contributed by atoms with E-state index < -0.39 is 6.10 Å². The minimum atomic E-state index is -0.782. The van der Waals surface area contributed by atoms with Crippen LogP contribution in [-0.4, -0.2) is 37.2 Å². The zero-order chi connectivity index (χ0) is 52.9. The van der Waals surface area contributed by atoms with Crippen molar-refractivity contribution in [2.45, 2.75) is 361 Å². The predicted molar refractivity (Wildman–Crippen MR) is 316 cm³/mol. The molecule has 0 saturated heterocycles. The summed E-state index contributed by atoms with van der Waals surface area (Å²) in [5, 5.41) is 0. The summed E-state index contributed by atoms with van der Waals surface area (Å²) in [6, 6.07) is 0. The van der Waals surface area contributed by atoms with Crippen molar-refractivity contribution in [3.05, 3.63) is 36.5 Å². The number of unbranched alkanes of at least 4 members (excludes halogenated alkanes) is 43. The molecular weight excluding hydrogens is 901 g/mol. The van der Waals surface area contributed by atoms with Gasteiger partial charge in [0.05, 0.1) is 0 Å². The standard InChI is InChI=1S/C67H124O6/c1-4-7-10-13-16-19-21-23-24-25-26-27-28-29-30-31-32-33-34-35-36-37-38-39-40-41-42-44-45-48-51-54-57-60-66(69)72-63-64(62-71-65(68)59-56-53-50-47-18-15-12-9-6-3)73-67(70)61-58-55-52-49-46-43-22-20-17-14-11-8-5-2/h8,11,17,20,43,46,64H,4-7,9-10,12-16,18-19,21-42,44-45,47-63H2,1-3H3/b11-8-,20-17-,46-43-. The normalized spacial score (nSPS) is 12.2. The highest BCUT2D eigenvalue weighted by atomic mass is 16.6. The van der Waals surface area contributed by atoms with E-state index in [2.05, 4.69) is 57.2 Å². The Hall–Kier alpha value is -2.37. The number of carbonyl (C=O) groups is 3. The first-order valence-corrected chi connectivity index (χ1v) is 32.5. The first-order valence-electron chi connectivity index (χ1n) is 32.5. The largest absolute Gasteiger partial charge is 0.462 e. The van der Waals surface area contributed by atoms with Gasteiger partial charge >= 0.3 is 17.9 Å². The highest BCUT2D eigenvalue weighted by molar-refractivity contribution is 5.71. The van der Waals surface area contributed by atoms with Crippen LogP contribution in [0.15, 0.2) is 36.5 Å². The zero-order valence-electron chi connectivity index (χ0n) is 49.2. The van der Waals surface area contributed by atoms with Gasteiger partial charge in [0.25, 0.3) is 0 Å². The predicted octanol–water partition coefficient (Wildman–Crippen LogP) is 22.0. The molecule has 0 aromatic carbocycles. The van der Waals surface area contributed by atoms with Gasteiger partial charge in [-0.15, -0.1) is 0 Å². The number of rotatable bonds is 60. The molecule has 0 fully saturated rings. The van der Waals surface area contributed by atoms with Crippen molar-refractivity contribution in [2.24, 2.45) is 0 Å². The maximum atomic E-state index is 12.8. The van der Waals surface area contributed by atoms with Gasteiger partial charge in [0, 0.05) is 19.3 Å². The second kappa shape index (κ2) is 62.2. The van der Waals surface area contributed by atoms with Crippen molar-refractivity contribution >= 4 is 17.9 Å². The summed E-state index contributed by atoms with van der Waals surface area (Å²) in [6.07, 6.45) is 76.4.